The van der Waals surface area contributed by atoms with E-state index in [4.69, 9.17) is 4.74 Å². The molecule has 1 aliphatic rings. The van der Waals surface area contributed by atoms with Crippen LogP contribution < -0.4 is 0 Å². The summed E-state index contributed by atoms with van der Waals surface area (Å²) in [7, 11) is 0. The molecule has 3 nitrogen and oxygen atoms in total. The van der Waals surface area contributed by atoms with Crippen molar-refractivity contribution < 1.29 is 4.74 Å². The fraction of sp³-hybridized carbons (Fsp3) is 0.357. The van der Waals surface area contributed by atoms with Gasteiger partial charge in [-0.25, -0.2) is 4.98 Å². The van der Waals surface area contributed by atoms with Gasteiger partial charge in [0.05, 0.1) is 6.61 Å². The molecule has 1 atom stereocenters. The lowest BCUT2D eigenvalue weighted by atomic mass is 10.1. The molecule has 17 heavy (non-hydrogen) atoms. The number of ether oxygens (including phenoxy) is 1. The summed E-state index contributed by atoms with van der Waals surface area (Å²) in [6.07, 6.45) is 6.29. The number of benzene rings is 1. The summed E-state index contributed by atoms with van der Waals surface area (Å²) in [5.41, 5.74) is 1.22. The third kappa shape index (κ3) is 2.24. The zero-order valence-corrected chi connectivity index (χ0v) is 9.75. The average Bonchev–Trinajstić information content (AvgIpc) is 2.86. The smallest absolute Gasteiger partial charge is 0.137 e. The molecule has 0 spiro atoms. The number of aromatic nitrogens is 2. The normalized spacial score (nSPS) is 18.9. The van der Waals surface area contributed by atoms with Crippen LogP contribution in [0.5, 0.6) is 0 Å². The van der Waals surface area contributed by atoms with Crippen LogP contribution in [0.1, 0.15) is 30.3 Å². The van der Waals surface area contributed by atoms with Crippen molar-refractivity contribution in [3.8, 4) is 0 Å². The highest BCUT2D eigenvalue weighted by Gasteiger charge is 2.21. The van der Waals surface area contributed by atoms with Crippen molar-refractivity contribution in [2.75, 3.05) is 0 Å². The Balaban J connectivity index is 1.68. The highest BCUT2D eigenvalue weighted by atomic mass is 16.5. The molecular formula is C14H16N2O. The predicted molar refractivity (Wildman–Crippen MR) is 65.4 cm³/mol. The van der Waals surface area contributed by atoms with E-state index in [9.17, 15) is 0 Å². The summed E-state index contributed by atoms with van der Waals surface area (Å²) in [4.78, 5) is 4.39. The zero-order chi connectivity index (χ0) is 11.5. The number of hydrogen-bond donors (Lipinski definition) is 0. The molecule has 0 N–H and O–H groups in total. The molecule has 2 heterocycles. The van der Waals surface area contributed by atoms with Crippen molar-refractivity contribution in [2.45, 2.75) is 32.1 Å². The third-order valence-corrected chi connectivity index (χ3v) is 3.20. The number of rotatable bonds is 3. The van der Waals surface area contributed by atoms with E-state index in [2.05, 4.69) is 21.7 Å². The Hall–Kier alpha value is -1.61. The molecule has 0 saturated heterocycles. The van der Waals surface area contributed by atoms with E-state index in [1.54, 1.807) is 0 Å². The Morgan fingerprint density at radius 3 is 3.06 bits per heavy atom. The second-order valence-electron chi connectivity index (χ2n) is 4.41. The van der Waals surface area contributed by atoms with Gasteiger partial charge in [0.15, 0.2) is 0 Å². The molecule has 0 fully saturated rings. The number of hydrogen-bond acceptors (Lipinski definition) is 2. The van der Waals surface area contributed by atoms with Crippen LogP contribution in [0.4, 0.5) is 0 Å². The number of aryl methyl sites for hydroxylation is 1. The van der Waals surface area contributed by atoms with Crippen LogP contribution in [0.15, 0.2) is 42.7 Å². The summed E-state index contributed by atoms with van der Waals surface area (Å²) >= 11 is 0. The van der Waals surface area contributed by atoms with Gasteiger partial charge in [-0.05, 0) is 18.4 Å². The summed E-state index contributed by atoms with van der Waals surface area (Å²) < 4.78 is 8.16. The molecule has 1 aromatic heterocycles. The van der Waals surface area contributed by atoms with E-state index in [0.717, 1.165) is 18.8 Å². The molecule has 2 aromatic rings. The highest BCUT2D eigenvalue weighted by molar-refractivity contribution is 5.13. The lowest BCUT2D eigenvalue weighted by Gasteiger charge is -2.23. The molecule has 0 radical (unpaired) electrons. The first-order chi connectivity index (χ1) is 8.43. The van der Waals surface area contributed by atoms with Crippen molar-refractivity contribution in [3.05, 3.63) is 54.1 Å². The molecule has 0 amide bonds. The lowest BCUT2D eigenvalue weighted by Crippen LogP contribution is -2.17. The van der Waals surface area contributed by atoms with Gasteiger partial charge in [0.1, 0.15) is 11.9 Å². The third-order valence-electron chi connectivity index (χ3n) is 3.20. The summed E-state index contributed by atoms with van der Waals surface area (Å²) in [6, 6.07) is 10.3. The van der Waals surface area contributed by atoms with E-state index >= 15 is 0 Å². The van der Waals surface area contributed by atoms with Gasteiger partial charge in [-0.2, -0.15) is 0 Å². The van der Waals surface area contributed by atoms with Crippen LogP contribution in [-0.4, -0.2) is 9.55 Å². The van der Waals surface area contributed by atoms with Crippen LogP contribution in [-0.2, 0) is 17.9 Å². The molecule has 88 valence electrons. The lowest BCUT2D eigenvalue weighted by molar-refractivity contribution is 0.0161. The molecule has 1 aromatic carbocycles. The molecule has 0 unspecified atom stereocenters. The van der Waals surface area contributed by atoms with Gasteiger partial charge in [0.25, 0.3) is 0 Å². The maximum absolute atomic E-state index is 5.97. The molecule has 0 saturated carbocycles. The van der Waals surface area contributed by atoms with E-state index < -0.39 is 0 Å². The molecule has 3 rings (SSSR count). The highest BCUT2D eigenvalue weighted by Crippen LogP contribution is 2.27. The average molecular weight is 228 g/mol. The van der Waals surface area contributed by atoms with Crippen LogP contribution in [0.25, 0.3) is 0 Å². The van der Waals surface area contributed by atoms with Crippen molar-refractivity contribution in [2.24, 2.45) is 0 Å². The monoisotopic (exact) mass is 228 g/mol. The van der Waals surface area contributed by atoms with Gasteiger partial charge in [-0.15, -0.1) is 0 Å². The quantitative estimate of drug-likeness (QED) is 0.807. The Labute approximate surface area is 101 Å². The number of imidazole rings is 1. The van der Waals surface area contributed by atoms with E-state index in [1.165, 1.54) is 12.0 Å². The van der Waals surface area contributed by atoms with Crippen LogP contribution in [0.3, 0.4) is 0 Å². The van der Waals surface area contributed by atoms with E-state index in [1.807, 2.05) is 30.6 Å². The van der Waals surface area contributed by atoms with E-state index in [-0.39, 0.29) is 6.10 Å². The predicted octanol–water partition coefficient (Wildman–Crippen LogP) is 2.93. The van der Waals surface area contributed by atoms with Gasteiger partial charge in [0.2, 0.25) is 0 Å². The Morgan fingerprint density at radius 2 is 2.18 bits per heavy atom. The topological polar surface area (TPSA) is 27.1 Å². The molecule has 0 aliphatic carbocycles. The molecule has 1 aliphatic heterocycles. The zero-order valence-electron chi connectivity index (χ0n) is 9.75. The summed E-state index contributed by atoms with van der Waals surface area (Å²) in [5, 5.41) is 0. The first kappa shape index (κ1) is 10.5. The second-order valence-corrected chi connectivity index (χ2v) is 4.41. The van der Waals surface area contributed by atoms with Crippen LogP contribution in [0.2, 0.25) is 0 Å². The second kappa shape index (κ2) is 4.72. The van der Waals surface area contributed by atoms with Gasteiger partial charge in [0, 0.05) is 18.9 Å². The van der Waals surface area contributed by atoms with Crippen molar-refractivity contribution in [1.82, 2.24) is 9.55 Å². The first-order valence-electron chi connectivity index (χ1n) is 6.10. The van der Waals surface area contributed by atoms with E-state index in [0.29, 0.717) is 6.61 Å². The van der Waals surface area contributed by atoms with Crippen molar-refractivity contribution in [1.29, 1.82) is 0 Å². The van der Waals surface area contributed by atoms with Crippen molar-refractivity contribution in [3.63, 3.8) is 0 Å². The Bertz CT molecular complexity index is 478. The summed E-state index contributed by atoms with van der Waals surface area (Å²) in [6.45, 7) is 1.74. The van der Waals surface area contributed by atoms with Gasteiger partial charge < -0.3 is 9.30 Å². The van der Waals surface area contributed by atoms with Crippen LogP contribution >= 0.6 is 0 Å². The number of nitrogens with zero attached hydrogens (tertiary/aromatic N) is 2. The van der Waals surface area contributed by atoms with Gasteiger partial charge in [-0.3, -0.25) is 0 Å². The van der Waals surface area contributed by atoms with Crippen molar-refractivity contribution >= 4 is 0 Å². The largest absolute Gasteiger partial charge is 0.366 e. The minimum Gasteiger partial charge on any atom is -0.366 e. The molecule has 0 bridgehead atoms. The number of fused-ring (bicyclic) bond motifs is 1. The minimum absolute atomic E-state index is 0.152. The SMILES string of the molecule is c1ccc(CO[C@@H]2CCCn3ccnc32)cc1. The maximum atomic E-state index is 5.97. The first-order valence-corrected chi connectivity index (χ1v) is 6.10. The standard InChI is InChI=1S/C14H16N2O/c1-2-5-12(6-3-1)11-17-13-7-4-9-16-10-8-15-14(13)16/h1-3,5-6,8,10,13H,4,7,9,11H2/t13-/m1/s1. The minimum atomic E-state index is 0.152. The Kier molecular flexibility index (Phi) is 2.92. The summed E-state index contributed by atoms with van der Waals surface area (Å²) in [5.74, 6) is 1.08. The maximum Gasteiger partial charge on any atom is 0.137 e. The van der Waals surface area contributed by atoms with Gasteiger partial charge >= 0.3 is 0 Å². The fourth-order valence-corrected chi connectivity index (χ4v) is 2.30. The van der Waals surface area contributed by atoms with Crippen LogP contribution in [0, 0.1) is 0 Å². The molecular weight excluding hydrogens is 212 g/mol. The Morgan fingerprint density at radius 1 is 1.29 bits per heavy atom. The fourth-order valence-electron chi connectivity index (χ4n) is 2.30. The van der Waals surface area contributed by atoms with Gasteiger partial charge in [-0.1, -0.05) is 30.3 Å². The molecule has 3 heteroatoms.